The molecule has 2 aliphatic heterocycles. The van der Waals surface area contributed by atoms with Crippen LogP contribution in [0.3, 0.4) is 0 Å². The van der Waals surface area contributed by atoms with E-state index >= 15 is 0 Å². The number of piperidine rings is 1. The lowest BCUT2D eigenvalue weighted by molar-refractivity contribution is 0.210. The Morgan fingerprint density at radius 1 is 1.24 bits per heavy atom. The lowest BCUT2D eigenvalue weighted by Gasteiger charge is -2.30. The molecule has 2 N–H and O–H groups in total. The van der Waals surface area contributed by atoms with Crippen molar-refractivity contribution in [1.82, 2.24) is 15.5 Å². The number of halogens is 1. The molecule has 2 heterocycles. The van der Waals surface area contributed by atoms with Crippen molar-refractivity contribution in [3.8, 4) is 0 Å². The van der Waals surface area contributed by atoms with Gasteiger partial charge in [0, 0.05) is 43.7 Å². The van der Waals surface area contributed by atoms with E-state index in [2.05, 4.69) is 72.7 Å². The summed E-state index contributed by atoms with van der Waals surface area (Å²) in [6.07, 6.45) is 3.75. The number of hydrogen-bond acceptors (Lipinski definition) is 3. The molecular weight excluding hydrogens is 378 g/mol. The number of nitrogens with one attached hydrogen (secondary N) is 2. The van der Waals surface area contributed by atoms with E-state index in [1.807, 2.05) is 7.05 Å². The van der Waals surface area contributed by atoms with Crippen LogP contribution in [0.15, 0.2) is 33.7 Å². The van der Waals surface area contributed by atoms with Gasteiger partial charge in [0.15, 0.2) is 5.96 Å². The molecule has 6 heteroatoms. The number of likely N-dealkylation sites (tertiary alicyclic amines) is 1. The molecule has 2 atom stereocenters. The van der Waals surface area contributed by atoms with Crippen LogP contribution in [0.1, 0.15) is 19.3 Å². The number of anilines is 1. The largest absolute Gasteiger partial charge is 0.368 e. The summed E-state index contributed by atoms with van der Waals surface area (Å²) in [5, 5.41) is 7.14. The molecule has 2 aliphatic rings. The quantitative estimate of drug-likeness (QED) is 0.594. The second-order valence-electron chi connectivity index (χ2n) is 7.25. The predicted molar refractivity (Wildman–Crippen MR) is 109 cm³/mol. The molecule has 2 saturated heterocycles. The first kappa shape index (κ1) is 18.5. The minimum absolute atomic E-state index is 0.437. The molecule has 138 valence electrons. The lowest BCUT2D eigenvalue weighted by Crippen LogP contribution is -2.47. The minimum Gasteiger partial charge on any atom is -0.368 e. The van der Waals surface area contributed by atoms with Crippen LogP contribution >= 0.6 is 15.9 Å². The maximum absolute atomic E-state index is 4.42. The van der Waals surface area contributed by atoms with Crippen LogP contribution in [0.4, 0.5) is 5.69 Å². The van der Waals surface area contributed by atoms with E-state index < -0.39 is 0 Å². The Bertz CT molecular complexity index is 591. The van der Waals surface area contributed by atoms with E-state index in [1.54, 1.807) is 0 Å². The lowest BCUT2D eigenvalue weighted by atomic mass is 9.99. The Morgan fingerprint density at radius 2 is 2.08 bits per heavy atom. The van der Waals surface area contributed by atoms with Crippen molar-refractivity contribution in [3.63, 3.8) is 0 Å². The van der Waals surface area contributed by atoms with Crippen LogP contribution in [0.2, 0.25) is 0 Å². The summed E-state index contributed by atoms with van der Waals surface area (Å²) < 4.78 is 1.17. The van der Waals surface area contributed by atoms with Gasteiger partial charge in [-0.15, -0.1) is 0 Å². The van der Waals surface area contributed by atoms with E-state index in [-0.39, 0.29) is 0 Å². The van der Waals surface area contributed by atoms with Gasteiger partial charge in [-0.2, -0.15) is 0 Å². The molecule has 0 saturated carbocycles. The zero-order valence-electron chi connectivity index (χ0n) is 15.3. The van der Waals surface area contributed by atoms with Crippen molar-refractivity contribution >= 4 is 27.6 Å². The maximum Gasteiger partial charge on any atom is 0.191 e. The first-order valence-electron chi connectivity index (χ1n) is 9.31. The number of para-hydroxylation sites is 1. The van der Waals surface area contributed by atoms with Gasteiger partial charge in [0.25, 0.3) is 0 Å². The molecule has 1 aromatic carbocycles. The van der Waals surface area contributed by atoms with Gasteiger partial charge < -0.3 is 20.4 Å². The highest BCUT2D eigenvalue weighted by atomic mass is 79.9. The molecule has 2 unspecified atom stereocenters. The molecule has 0 aromatic heterocycles. The van der Waals surface area contributed by atoms with Crippen LogP contribution < -0.4 is 15.5 Å². The fraction of sp³-hybridized carbons (Fsp3) is 0.632. The Balaban J connectivity index is 1.47. The molecule has 1 aromatic rings. The monoisotopic (exact) mass is 407 g/mol. The normalized spacial score (nSPS) is 25.2. The molecule has 0 spiro atoms. The summed E-state index contributed by atoms with van der Waals surface area (Å²) in [6.45, 7) is 5.50. The topological polar surface area (TPSA) is 42.9 Å². The van der Waals surface area contributed by atoms with Gasteiger partial charge in [-0.05, 0) is 66.8 Å². The fourth-order valence-corrected chi connectivity index (χ4v) is 4.41. The Kier molecular flexibility index (Phi) is 6.59. The standard InChI is InChI=1S/C19H30BrN5/c1-21-19(22-12-15-6-5-10-24(2)13-15)23-16-9-11-25(14-16)18-8-4-3-7-17(18)20/h3-4,7-8,15-16H,5-6,9-14H2,1-2H3,(H2,21,22,23). The number of benzene rings is 1. The van der Waals surface area contributed by atoms with Gasteiger partial charge in [0.05, 0.1) is 5.69 Å². The van der Waals surface area contributed by atoms with Crippen molar-refractivity contribution in [2.24, 2.45) is 10.9 Å². The molecule has 3 rings (SSSR count). The highest BCUT2D eigenvalue weighted by Gasteiger charge is 2.25. The van der Waals surface area contributed by atoms with Crippen molar-refractivity contribution in [1.29, 1.82) is 0 Å². The molecular formula is C19H30BrN5. The third-order valence-electron chi connectivity index (χ3n) is 5.23. The molecule has 0 bridgehead atoms. The van der Waals surface area contributed by atoms with Crippen molar-refractivity contribution in [2.45, 2.75) is 25.3 Å². The van der Waals surface area contributed by atoms with Gasteiger partial charge in [0.1, 0.15) is 0 Å². The zero-order chi connectivity index (χ0) is 17.6. The number of nitrogens with zero attached hydrogens (tertiary/aromatic N) is 3. The molecule has 25 heavy (non-hydrogen) atoms. The first-order valence-corrected chi connectivity index (χ1v) is 10.1. The zero-order valence-corrected chi connectivity index (χ0v) is 16.9. The van der Waals surface area contributed by atoms with E-state index in [4.69, 9.17) is 0 Å². The highest BCUT2D eigenvalue weighted by molar-refractivity contribution is 9.10. The number of hydrogen-bond donors (Lipinski definition) is 2. The summed E-state index contributed by atoms with van der Waals surface area (Å²) in [4.78, 5) is 9.29. The Labute approximate surface area is 160 Å². The van der Waals surface area contributed by atoms with Crippen LogP contribution in [-0.2, 0) is 0 Å². The average molecular weight is 408 g/mol. The van der Waals surface area contributed by atoms with Crippen LogP contribution in [0, 0.1) is 5.92 Å². The second kappa shape index (κ2) is 8.90. The third-order valence-corrected chi connectivity index (χ3v) is 5.90. The van der Waals surface area contributed by atoms with Crippen LogP contribution in [-0.4, -0.2) is 63.7 Å². The summed E-state index contributed by atoms with van der Waals surface area (Å²) in [6, 6.07) is 8.89. The Hall–Kier alpha value is -1.27. The number of aliphatic imine (C=N–C) groups is 1. The number of guanidine groups is 1. The molecule has 5 nitrogen and oxygen atoms in total. The SMILES string of the molecule is CN=C(NCC1CCCN(C)C1)NC1CCN(c2ccccc2Br)C1. The second-order valence-corrected chi connectivity index (χ2v) is 8.11. The summed E-state index contributed by atoms with van der Waals surface area (Å²) in [5.41, 5.74) is 1.28. The van der Waals surface area contributed by atoms with Gasteiger partial charge in [-0.25, -0.2) is 0 Å². The van der Waals surface area contributed by atoms with Crippen LogP contribution in [0.5, 0.6) is 0 Å². The number of rotatable bonds is 4. The van der Waals surface area contributed by atoms with Crippen molar-refractivity contribution < 1.29 is 0 Å². The van der Waals surface area contributed by atoms with Crippen molar-refractivity contribution in [3.05, 3.63) is 28.7 Å². The Morgan fingerprint density at radius 3 is 2.84 bits per heavy atom. The molecule has 0 amide bonds. The van der Waals surface area contributed by atoms with Gasteiger partial charge in [-0.1, -0.05) is 12.1 Å². The van der Waals surface area contributed by atoms with Gasteiger partial charge in [-0.3, -0.25) is 4.99 Å². The molecule has 0 aliphatic carbocycles. The van der Waals surface area contributed by atoms with E-state index in [1.165, 1.54) is 36.1 Å². The minimum atomic E-state index is 0.437. The van der Waals surface area contributed by atoms with Crippen LogP contribution in [0.25, 0.3) is 0 Å². The maximum atomic E-state index is 4.42. The fourth-order valence-electron chi connectivity index (χ4n) is 3.87. The molecule has 2 fully saturated rings. The first-order chi connectivity index (χ1) is 12.2. The third kappa shape index (κ3) is 5.11. The highest BCUT2D eigenvalue weighted by Crippen LogP contribution is 2.28. The summed E-state index contributed by atoms with van der Waals surface area (Å²) >= 11 is 3.66. The van der Waals surface area contributed by atoms with Gasteiger partial charge >= 0.3 is 0 Å². The smallest absolute Gasteiger partial charge is 0.191 e. The summed E-state index contributed by atoms with van der Waals surface area (Å²) in [7, 11) is 4.08. The van der Waals surface area contributed by atoms with E-state index in [0.29, 0.717) is 6.04 Å². The van der Waals surface area contributed by atoms with E-state index in [0.717, 1.165) is 37.9 Å². The molecule has 0 radical (unpaired) electrons. The van der Waals surface area contributed by atoms with Crippen molar-refractivity contribution in [2.75, 3.05) is 51.7 Å². The van der Waals surface area contributed by atoms with Gasteiger partial charge in [0.2, 0.25) is 0 Å². The predicted octanol–water partition coefficient (Wildman–Crippen LogP) is 2.53. The average Bonchev–Trinajstić information content (AvgIpc) is 3.07. The van der Waals surface area contributed by atoms with E-state index in [9.17, 15) is 0 Å². The summed E-state index contributed by atoms with van der Waals surface area (Å²) in [5.74, 6) is 1.66.